The number of halogens is 1. The van der Waals surface area contributed by atoms with Crippen molar-refractivity contribution < 1.29 is 9.50 Å². The maximum absolute atomic E-state index is 13.3. The molecule has 1 aliphatic carbocycles. The van der Waals surface area contributed by atoms with Crippen molar-refractivity contribution in [2.75, 3.05) is 0 Å². The molecule has 3 rings (SSSR count). The fraction of sp³-hybridized carbons (Fsp3) is 0.467. The van der Waals surface area contributed by atoms with Gasteiger partial charge in [-0.05, 0) is 37.0 Å². The second-order valence-electron chi connectivity index (χ2n) is 5.35. The third kappa shape index (κ3) is 2.58. The second-order valence-corrected chi connectivity index (χ2v) is 5.35. The first-order valence-corrected chi connectivity index (χ1v) is 7.09. The molecule has 0 amide bonds. The zero-order valence-corrected chi connectivity index (χ0v) is 11.2. The number of benzene rings is 1. The third-order valence-corrected chi connectivity index (χ3v) is 3.99. The van der Waals surface area contributed by atoms with Crippen LogP contribution in [-0.4, -0.2) is 19.9 Å². The summed E-state index contributed by atoms with van der Waals surface area (Å²) in [5, 5.41) is 14.7. The number of aromatic nitrogens is 3. The van der Waals surface area contributed by atoms with Gasteiger partial charge < -0.3 is 5.11 Å². The first-order chi connectivity index (χ1) is 9.75. The molecule has 1 N–H and O–H groups in total. The zero-order valence-electron chi connectivity index (χ0n) is 11.2. The highest BCUT2D eigenvalue weighted by Crippen LogP contribution is 2.34. The van der Waals surface area contributed by atoms with E-state index in [0.29, 0.717) is 11.5 Å². The first kappa shape index (κ1) is 13.2. The molecular formula is C15H18FN3O. The Balaban J connectivity index is 1.89. The highest BCUT2D eigenvalue weighted by atomic mass is 19.1. The van der Waals surface area contributed by atoms with Gasteiger partial charge in [-0.3, -0.25) is 0 Å². The molecule has 0 saturated heterocycles. The van der Waals surface area contributed by atoms with Gasteiger partial charge in [-0.25, -0.2) is 14.1 Å². The Bertz CT molecular complexity index is 578. The Labute approximate surface area is 117 Å². The van der Waals surface area contributed by atoms with E-state index in [9.17, 15) is 9.50 Å². The molecule has 1 atom stereocenters. The molecule has 1 aromatic carbocycles. The molecule has 20 heavy (non-hydrogen) atoms. The Hall–Kier alpha value is -1.75. The van der Waals surface area contributed by atoms with Crippen LogP contribution in [-0.2, 0) is 0 Å². The first-order valence-electron chi connectivity index (χ1n) is 7.09. The van der Waals surface area contributed by atoms with E-state index < -0.39 is 6.10 Å². The number of aliphatic hydroxyl groups is 1. The predicted molar refractivity (Wildman–Crippen MR) is 72.9 cm³/mol. The molecule has 4 nitrogen and oxygen atoms in total. The van der Waals surface area contributed by atoms with Crippen molar-refractivity contribution >= 4 is 0 Å². The zero-order chi connectivity index (χ0) is 13.9. The van der Waals surface area contributed by atoms with Crippen LogP contribution in [0.4, 0.5) is 4.39 Å². The van der Waals surface area contributed by atoms with E-state index in [1.54, 1.807) is 12.1 Å². The monoisotopic (exact) mass is 275 g/mol. The van der Waals surface area contributed by atoms with Crippen LogP contribution in [0.5, 0.6) is 0 Å². The van der Waals surface area contributed by atoms with Crippen LogP contribution in [0.1, 0.15) is 44.0 Å². The number of aliphatic hydroxyl groups excluding tert-OH is 1. The number of hydrogen-bond donors (Lipinski definition) is 1. The van der Waals surface area contributed by atoms with E-state index in [1.807, 2.05) is 0 Å². The van der Waals surface area contributed by atoms with Crippen LogP contribution in [0.15, 0.2) is 30.6 Å². The van der Waals surface area contributed by atoms with Crippen LogP contribution < -0.4 is 0 Å². The molecule has 0 unspecified atom stereocenters. The van der Waals surface area contributed by atoms with Crippen LogP contribution in [0.2, 0.25) is 0 Å². The molecule has 0 aliphatic heterocycles. The van der Waals surface area contributed by atoms with Gasteiger partial charge in [0, 0.05) is 0 Å². The lowest BCUT2D eigenvalue weighted by Gasteiger charge is -2.26. The predicted octanol–water partition coefficient (Wildman–Crippen LogP) is 3.02. The van der Waals surface area contributed by atoms with Crippen LogP contribution in [0, 0.1) is 11.7 Å². The van der Waals surface area contributed by atoms with Gasteiger partial charge in [-0.1, -0.05) is 25.3 Å². The van der Waals surface area contributed by atoms with Crippen molar-refractivity contribution in [1.82, 2.24) is 14.8 Å². The van der Waals surface area contributed by atoms with Gasteiger partial charge in [0.05, 0.1) is 5.69 Å². The molecule has 1 aliphatic rings. The summed E-state index contributed by atoms with van der Waals surface area (Å²) in [6.45, 7) is 0. The fourth-order valence-corrected chi connectivity index (χ4v) is 2.92. The third-order valence-electron chi connectivity index (χ3n) is 3.99. The lowest BCUT2D eigenvalue weighted by molar-refractivity contribution is 0.0753. The lowest BCUT2D eigenvalue weighted by Crippen LogP contribution is -2.19. The Morgan fingerprint density at radius 3 is 2.80 bits per heavy atom. The molecule has 1 aromatic heterocycles. The van der Waals surface area contributed by atoms with Gasteiger partial charge in [0.2, 0.25) is 0 Å². The minimum absolute atomic E-state index is 0.222. The van der Waals surface area contributed by atoms with Crippen molar-refractivity contribution in [3.63, 3.8) is 0 Å². The van der Waals surface area contributed by atoms with Crippen LogP contribution in [0.3, 0.4) is 0 Å². The van der Waals surface area contributed by atoms with E-state index in [1.165, 1.54) is 29.6 Å². The van der Waals surface area contributed by atoms with Crippen LogP contribution >= 0.6 is 0 Å². The van der Waals surface area contributed by atoms with Gasteiger partial charge in [0.25, 0.3) is 0 Å². The van der Waals surface area contributed by atoms with E-state index in [0.717, 1.165) is 25.7 Å². The maximum Gasteiger partial charge on any atom is 0.161 e. The standard InChI is InChI=1S/C15H18FN3O/c16-12-7-4-8-13(9-12)19-15(17-10-18-19)14(20)11-5-2-1-3-6-11/h4,7-11,14,20H,1-3,5-6H2/t14-/m1/s1. The summed E-state index contributed by atoms with van der Waals surface area (Å²) in [5.41, 5.74) is 0.590. The van der Waals surface area contributed by atoms with Crippen molar-refractivity contribution in [2.24, 2.45) is 5.92 Å². The highest BCUT2D eigenvalue weighted by Gasteiger charge is 2.27. The van der Waals surface area contributed by atoms with Crippen molar-refractivity contribution in [3.05, 3.63) is 42.2 Å². The minimum Gasteiger partial charge on any atom is -0.385 e. The summed E-state index contributed by atoms with van der Waals surface area (Å²) in [6.07, 6.45) is 6.33. The van der Waals surface area contributed by atoms with Crippen molar-refractivity contribution in [3.8, 4) is 5.69 Å². The molecule has 0 spiro atoms. The normalized spacial score (nSPS) is 18.1. The Morgan fingerprint density at radius 1 is 1.25 bits per heavy atom. The second kappa shape index (κ2) is 5.71. The molecular weight excluding hydrogens is 257 g/mol. The number of hydrogen-bond acceptors (Lipinski definition) is 3. The number of rotatable bonds is 3. The van der Waals surface area contributed by atoms with E-state index in [-0.39, 0.29) is 11.7 Å². The van der Waals surface area contributed by atoms with Gasteiger partial charge >= 0.3 is 0 Å². The molecule has 106 valence electrons. The number of nitrogens with zero attached hydrogens (tertiary/aromatic N) is 3. The van der Waals surface area contributed by atoms with E-state index in [4.69, 9.17) is 0 Å². The quantitative estimate of drug-likeness (QED) is 0.936. The molecule has 2 aromatic rings. The molecule has 0 radical (unpaired) electrons. The van der Waals surface area contributed by atoms with Crippen LogP contribution in [0.25, 0.3) is 5.69 Å². The molecule has 0 bridgehead atoms. The SMILES string of the molecule is O[C@@H](c1ncnn1-c1cccc(F)c1)C1CCCCC1. The fourth-order valence-electron chi connectivity index (χ4n) is 2.92. The average molecular weight is 275 g/mol. The van der Waals surface area contributed by atoms with Gasteiger partial charge in [0.15, 0.2) is 5.82 Å². The van der Waals surface area contributed by atoms with Crippen molar-refractivity contribution in [2.45, 2.75) is 38.2 Å². The minimum atomic E-state index is -0.638. The van der Waals surface area contributed by atoms with E-state index >= 15 is 0 Å². The van der Waals surface area contributed by atoms with Gasteiger partial charge in [-0.15, -0.1) is 0 Å². The summed E-state index contributed by atoms with van der Waals surface area (Å²) in [7, 11) is 0. The molecule has 1 heterocycles. The molecule has 5 heteroatoms. The van der Waals surface area contributed by atoms with Gasteiger partial charge in [0.1, 0.15) is 18.2 Å². The largest absolute Gasteiger partial charge is 0.385 e. The Morgan fingerprint density at radius 2 is 2.05 bits per heavy atom. The van der Waals surface area contributed by atoms with Crippen molar-refractivity contribution in [1.29, 1.82) is 0 Å². The topological polar surface area (TPSA) is 50.9 Å². The molecule has 1 fully saturated rings. The Kier molecular flexibility index (Phi) is 3.78. The average Bonchev–Trinajstić information content (AvgIpc) is 2.97. The van der Waals surface area contributed by atoms with E-state index in [2.05, 4.69) is 10.1 Å². The lowest BCUT2D eigenvalue weighted by atomic mass is 9.85. The summed E-state index contributed by atoms with van der Waals surface area (Å²) >= 11 is 0. The summed E-state index contributed by atoms with van der Waals surface area (Å²) in [4.78, 5) is 4.18. The smallest absolute Gasteiger partial charge is 0.161 e. The summed E-state index contributed by atoms with van der Waals surface area (Å²) in [6, 6.07) is 6.17. The van der Waals surface area contributed by atoms with Gasteiger partial charge in [-0.2, -0.15) is 5.10 Å². The molecule has 1 saturated carbocycles. The summed E-state index contributed by atoms with van der Waals surface area (Å²) in [5.74, 6) is 0.402. The highest BCUT2D eigenvalue weighted by molar-refractivity contribution is 5.32. The maximum atomic E-state index is 13.3. The summed E-state index contributed by atoms with van der Waals surface area (Å²) < 4.78 is 14.9.